The number of benzene rings is 1. The molecule has 3 nitrogen and oxygen atoms in total. The van der Waals surface area contributed by atoms with Crippen LogP contribution in [0.4, 0.5) is 0 Å². The lowest BCUT2D eigenvalue weighted by atomic mass is 10.1. The van der Waals surface area contributed by atoms with Crippen LogP contribution >= 0.6 is 11.3 Å². The van der Waals surface area contributed by atoms with Crippen LogP contribution in [0, 0.1) is 13.8 Å². The third-order valence-electron chi connectivity index (χ3n) is 3.43. The molecule has 0 fully saturated rings. The number of likely N-dealkylation sites (N-methyl/N-ethyl adjacent to an activating group) is 1. The Balaban J connectivity index is 2.05. The van der Waals surface area contributed by atoms with Crippen LogP contribution in [0.25, 0.3) is 0 Å². The molecule has 2 rings (SSSR count). The Bertz CT molecular complexity index is 585. The Kier molecular flexibility index (Phi) is 5.15. The molecule has 1 aromatic carbocycles. The monoisotopic (exact) mass is 302 g/mol. The van der Waals surface area contributed by atoms with Crippen LogP contribution in [0.1, 0.15) is 32.4 Å². The van der Waals surface area contributed by atoms with Crippen molar-refractivity contribution in [2.24, 2.45) is 0 Å². The smallest absolute Gasteiger partial charge is 0.251 e. The van der Waals surface area contributed by atoms with Gasteiger partial charge in [-0.1, -0.05) is 23.3 Å². The van der Waals surface area contributed by atoms with Crippen molar-refractivity contribution in [1.29, 1.82) is 0 Å². The van der Waals surface area contributed by atoms with Crippen molar-refractivity contribution in [2.75, 3.05) is 20.6 Å². The summed E-state index contributed by atoms with van der Waals surface area (Å²) in [6, 6.07) is 10.3. The molecule has 0 saturated heterocycles. The van der Waals surface area contributed by atoms with Gasteiger partial charge in [-0.25, -0.2) is 0 Å². The van der Waals surface area contributed by atoms with Crippen molar-refractivity contribution in [3.8, 4) is 0 Å². The van der Waals surface area contributed by atoms with E-state index >= 15 is 0 Å². The number of hydrogen-bond donors (Lipinski definition) is 1. The van der Waals surface area contributed by atoms with Crippen molar-refractivity contribution in [2.45, 2.75) is 19.9 Å². The summed E-state index contributed by atoms with van der Waals surface area (Å²) in [5, 5.41) is 5.12. The largest absolute Gasteiger partial charge is 0.350 e. The van der Waals surface area contributed by atoms with Gasteiger partial charge in [0.05, 0.1) is 6.04 Å². The second-order valence-electron chi connectivity index (χ2n) is 5.58. The fourth-order valence-corrected chi connectivity index (χ4v) is 3.34. The van der Waals surface area contributed by atoms with Gasteiger partial charge in [0.1, 0.15) is 0 Å². The molecule has 4 heteroatoms. The highest BCUT2D eigenvalue weighted by Crippen LogP contribution is 2.22. The number of thiophene rings is 1. The lowest BCUT2D eigenvalue weighted by Crippen LogP contribution is -2.34. The molecule has 112 valence electrons. The SMILES string of the molecule is Cc1cc(C)cc(C(=O)NCC(c2cccs2)N(C)C)c1. The van der Waals surface area contributed by atoms with Crippen LogP contribution in [-0.2, 0) is 0 Å². The Morgan fingerprint density at radius 1 is 1.24 bits per heavy atom. The zero-order valence-corrected chi connectivity index (χ0v) is 13.8. The number of carbonyl (C=O) groups is 1. The maximum Gasteiger partial charge on any atom is 0.251 e. The van der Waals surface area contributed by atoms with Gasteiger partial charge in [0, 0.05) is 17.0 Å². The fourth-order valence-electron chi connectivity index (χ4n) is 2.42. The molecule has 0 spiro atoms. The molecule has 0 radical (unpaired) electrons. The Morgan fingerprint density at radius 2 is 1.90 bits per heavy atom. The minimum Gasteiger partial charge on any atom is -0.350 e. The van der Waals surface area contributed by atoms with Gasteiger partial charge in [0.25, 0.3) is 5.91 Å². The van der Waals surface area contributed by atoms with Gasteiger partial charge in [-0.05, 0) is 51.5 Å². The average molecular weight is 302 g/mol. The van der Waals surface area contributed by atoms with E-state index < -0.39 is 0 Å². The van der Waals surface area contributed by atoms with Crippen LogP contribution in [0.3, 0.4) is 0 Å². The molecule has 0 saturated carbocycles. The maximum atomic E-state index is 12.3. The molecular formula is C17H22N2OS. The molecule has 0 aliphatic carbocycles. The molecular weight excluding hydrogens is 280 g/mol. The molecule has 1 unspecified atom stereocenters. The molecule has 1 atom stereocenters. The second-order valence-corrected chi connectivity index (χ2v) is 6.56. The van der Waals surface area contributed by atoms with Crippen LogP contribution in [-0.4, -0.2) is 31.4 Å². The van der Waals surface area contributed by atoms with Crippen LogP contribution in [0.15, 0.2) is 35.7 Å². The normalized spacial score (nSPS) is 12.4. The van der Waals surface area contributed by atoms with E-state index in [0.29, 0.717) is 6.54 Å². The fraction of sp³-hybridized carbons (Fsp3) is 0.353. The quantitative estimate of drug-likeness (QED) is 0.918. The predicted molar refractivity (Wildman–Crippen MR) is 89.0 cm³/mol. The highest BCUT2D eigenvalue weighted by molar-refractivity contribution is 7.10. The molecule has 1 amide bonds. The standard InChI is InChI=1S/C17H22N2OS/c1-12-8-13(2)10-14(9-12)17(20)18-11-15(19(3)4)16-6-5-7-21-16/h5-10,15H,11H2,1-4H3,(H,18,20). The predicted octanol–water partition coefficient (Wildman–Crippen LogP) is 3.40. The molecule has 1 N–H and O–H groups in total. The number of nitrogens with zero attached hydrogens (tertiary/aromatic N) is 1. The summed E-state index contributed by atoms with van der Waals surface area (Å²) in [7, 11) is 4.07. The first kappa shape index (κ1) is 15.7. The van der Waals surface area contributed by atoms with Crippen molar-refractivity contribution in [3.63, 3.8) is 0 Å². The number of amides is 1. The number of aryl methyl sites for hydroxylation is 2. The van der Waals surface area contributed by atoms with E-state index in [1.54, 1.807) is 11.3 Å². The van der Waals surface area contributed by atoms with Gasteiger partial charge in [-0.2, -0.15) is 0 Å². The van der Waals surface area contributed by atoms with E-state index in [1.165, 1.54) is 4.88 Å². The highest BCUT2D eigenvalue weighted by atomic mass is 32.1. The van der Waals surface area contributed by atoms with Crippen LogP contribution < -0.4 is 5.32 Å². The first-order valence-electron chi connectivity index (χ1n) is 7.03. The van der Waals surface area contributed by atoms with Gasteiger partial charge in [-0.15, -0.1) is 11.3 Å². The number of hydrogen-bond acceptors (Lipinski definition) is 3. The molecule has 0 aliphatic rings. The van der Waals surface area contributed by atoms with Crippen molar-refractivity contribution >= 4 is 17.2 Å². The summed E-state index contributed by atoms with van der Waals surface area (Å²) < 4.78 is 0. The van der Waals surface area contributed by atoms with Crippen LogP contribution in [0.2, 0.25) is 0 Å². The van der Waals surface area contributed by atoms with Gasteiger partial charge in [0.2, 0.25) is 0 Å². The zero-order chi connectivity index (χ0) is 15.4. The second kappa shape index (κ2) is 6.87. The summed E-state index contributed by atoms with van der Waals surface area (Å²) in [5.74, 6) is -0.00907. The van der Waals surface area contributed by atoms with E-state index in [4.69, 9.17) is 0 Å². The first-order valence-corrected chi connectivity index (χ1v) is 7.91. The molecule has 1 heterocycles. The molecule has 21 heavy (non-hydrogen) atoms. The third-order valence-corrected chi connectivity index (χ3v) is 4.41. The Hall–Kier alpha value is -1.65. The van der Waals surface area contributed by atoms with Crippen molar-refractivity contribution in [1.82, 2.24) is 10.2 Å². The lowest BCUT2D eigenvalue weighted by molar-refractivity contribution is 0.0942. The summed E-state index contributed by atoms with van der Waals surface area (Å²) >= 11 is 1.72. The molecule has 1 aromatic heterocycles. The van der Waals surface area contributed by atoms with E-state index in [1.807, 2.05) is 46.1 Å². The zero-order valence-electron chi connectivity index (χ0n) is 13.0. The van der Waals surface area contributed by atoms with Gasteiger partial charge >= 0.3 is 0 Å². The number of rotatable bonds is 5. The van der Waals surface area contributed by atoms with Crippen molar-refractivity contribution in [3.05, 3.63) is 57.3 Å². The summed E-state index contributed by atoms with van der Waals surface area (Å²) in [6.07, 6.45) is 0. The summed E-state index contributed by atoms with van der Waals surface area (Å²) in [5.41, 5.74) is 2.96. The van der Waals surface area contributed by atoms with Gasteiger partial charge < -0.3 is 10.2 Å². The molecule has 0 aliphatic heterocycles. The average Bonchev–Trinajstić information content (AvgIpc) is 2.91. The first-order chi connectivity index (χ1) is 9.97. The highest BCUT2D eigenvalue weighted by Gasteiger charge is 2.16. The third kappa shape index (κ3) is 4.16. The molecule has 0 bridgehead atoms. The van der Waals surface area contributed by atoms with Gasteiger partial charge in [-0.3, -0.25) is 4.79 Å². The van der Waals surface area contributed by atoms with Crippen LogP contribution in [0.5, 0.6) is 0 Å². The Labute approximate surface area is 130 Å². The van der Waals surface area contributed by atoms with Crippen molar-refractivity contribution < 1.29 is 4.79 Å². The van der Waals surface area contributed by atoms with E-state index in [9.17, 15) is 4.79 Å². The Morgan fingerprint density at radius 3 is 2.43 bits per heavy atom. The van der Waals surface area contributed by atoms with Gasteiger partial charge in [0.15, 0.2) is 0 Å². The minimum atomic E-state index is -0.00907. The summed E-state index contributed by atoms with van der Waals surface area (Å²) in [6.45, 7) is 4.63. The van der Waals surface area contributed by atoms with E-state index in [2.05, 4.69) is 27.7 Å². The van der Waals surface area contributed by atoms with E-state index in [0.717, 1.165) is 16.7 Å². The lowest BCUT2D eigenvalue weighted by Gasteiger charge is -2.23. The minimum absolute atomic E-state index is 0.00907. The number of carbonyl (C=O) groups excluding carboxylic acids is 1. The summed E-state index contributed by atoms with van der Waals surface area (Å²) in [4.78, 5) is 15.7. The topological polar surface area (TPSA) is 32.3 Å². The number of nitrogens with one attached hydrogen (secondary N) is 1. The van der Waals surface area contributed by atoms with E-state index in [-0.39, 0.29) is 11.9 Å². The molecule has 2 aromatic rings. The maximum absolute atomic E-state index is 12.3.